The fourth-order valence-electron chi connectivity index (χ4n) is 2.35. The third-order valence-electron chi connectivity index (χ3n) is 3.51. The lowest BCUT2D eigenvalue weighted by molar-refractivity contribution is -0.113. The number of allylic oxidation sites excluding steroid dienone is 5. The molecule has 1 fully saturated rings. The summed E-state index contributed by atoms with van der Waals surface area (Å²) in [4.78, 5) is 10.6. The van der Waals surface area contributed by atoms with Crippen LogP contribution >= 0.6 is 0 Å². The Morgan fingerprint density at radius 2 is 2.42 bits per heavy atom. The SMILES string of the molecule is CC(CC/C=C/C(N)=O)C1OC1C1=CCC=CC=C1. The number of carbonyl (C=O) groups is 1. The van der Waals surface area contributed by atoms with E-state index in [1.807, 2.05) is 6.08 Å². The van der Waals surface area contributed by atoms with E-state index in [1.54, 1.807) is 0 Å². The molecule has 2 N–H and O–H groups in total. The molecule has 0 spiro atoms. The molecule has 0 saturated carbocycles. The summed E-state index contributed by atoms with van der Waals surface area (Å²) in [6.07, 6.45) is 17.3. The van der Waals surface area contributed by atoms with Crippen molar-refractivity contribution in [2.45, 2.75) is 38.4 Å². The van der Waals surface area contributed by atoms with Crippen LogP contribution in [0.15, 0.2) is 48.1 Å². The minimum absolute atomic E-state index is 0.256. The van der Waals surface area contributed by atoms with Crippen LogP contribution in [-0.4, -0.2) is 18.1 Å². The number of epoxide rings is 1. The third-order valence-corrected chi connectivity index (χ3v) is 3.51. The van der Waals surface area contributed by atoms with Crippen LogP contribution < -0.4 is 5.73 Å². The predicted octanol–water partition coefficient (Wildman–Crippen LogP) is 2.65. The first kappa shape index (κ1) is 13.8. The number of rotatable bonds is 6. The smallest absolute Gasteiger partial charge is 0.241 e. The maximum atomic E-state index is 10.6. The molecule has 102 valence electrons. The molecule has 0 aromatic heterocycles. The second-order valence-corrected chi connectivity index (χ2v) is 5.11. The van der Waals surface area contributed by atoms with E-state index in [4.69, 9.17) is 10.5 Å². The van der Waals surface area contributed by atoms with Crippen molar-refractivity contribution >= 4 is 5.91 Å². The lowest BCUT2D eigenvalue weighted by Crippen LogP contribution is -2.08. The molecule has 2 aliphatic rings. The van der Waals surface area contributed by atoms with Gasteiger partial charge in [0.25, 0.3) is 0 Å². The molecule has 2 rings (SSSR count). The standard InChI is InChI=1S/C16H21NO2/c1-12(8-6-7-11-14(17)18)15-16(19-15)13-9-4-2-3-5-10-13/h2-4,7,9-12,15-16H,5-6,8H2,1H3,(H2,17,18)/b11-7+. The van der Waals surface area contributed by atoms with Gasteiger partial charge in [0.15, 0.2) is 0 Å². The Morgan fingerprint density at radius 3 is 3.21 bits per heavy atom. The minimum atomic E-state index is -0.380. The zero-order valence-corrected chi connectivity index (χ0v) is 11.3. The van der Waals surface area contributed by atoms with E-state index in [0.717, 1.165) is 19.3 Å². The quantitative estimate of drug-likeness (QED) is 0.589. The van der Waals surface area contributed by atoms with Gasteiger partial charge < -0.3 is 10.5 Å². The number of carbonyl (C=O) groups excluding carboxylic acids is 1. The normalized spacial score (nSPS) is 27.1. The molecule has 3 heteroatoms. The van der Waals surface area contributed by atoms with E-state index < -0.39 is 0 Å². The van der Waals surface area contributed by atoms with Crippen LogP contribution in [0.2, 0.25) is 0 Å². The zero-order chi connectivity index (χ0) is 13.7. The van der Waals surface area contributed by atoms with E-state index in [9.17, 15) is 4.79 Å². The van der Waals surface area contributed by atoms with Crippen LogP contribution in [0.3, 0.4) is 0 Å². The molecule has 0 aromatic carbocycles. The Morgan fingerprint density at radius 1 is 1.58 bits per heavy atom. The summed E-state index contributed by atoms with van der Waals surface area (Å²) in [7, 11) is 0. The molecular weight excluding hydrogens is 238 g/mol. The maximum Gasteiger partial charge on any atom is 0.241 e. The number of primary amides is 1. The summed E-state index contributed by atoms with van der Waals surface area (Å²) in [5, 5.41) is 0. The maximum absolute atomic E-state index is 10.6. The molecule has 1 heterocycles. The molecule has 0 bridgehead atoms. The molecule has 1 saturated heterocycles. The van der Waals surface area contributed by atoms with E-state index in [-0.39, 0.29) is 12.0 Å². The van der Waals surface area contributed by atoms with E-state index in [1.165, 1.54) is 11.6 Å². The van der Waals surface area contributed by atoms with Crippen molar-refractivity contribution in [2.24, 2.45) is 11.7 Å². The van der Waals surface area contributed by atoms with Gasteiger partial charge in [0.05, 0.1) is 6.10 Å². The van der Waals surface area contributed by atoms with Crippen LogP contribution in [0.1, 0.15) is 26.2 Å². The van der Waals surface area contributed by atoms with Crippen molar-refractivity contribution in [1.29, 1.82) is 0 Å². The van der Waals surface area contributed by atoms with Gasteiger partial charge in [-0.25, -0.2) is 0 Å². The Bertz CT molecular complexity index is 446. The highest BCUT2D eigenvalue weighted by molar-refractivity contribution is 5.85. The molecule has 3 nitrogen and oxygen atoms in total. The molecule has 0 radical (unpaired) electrons. The van der Waals surface area contributed by atoms with Crippen molar-refractivity contribution in [2.75, 3.05) is 0 Å². The average Bonchev–Trinajstić information content (AvgIpc) is 3.16. The summed E-state index contributed by atoms with van der Waals surface area (Å²) >= 11 is 0. The monoisotopic (exact) mass is 259 g/mol. The highest BCUT2D eigenvalue weighted by Crippen LogP contribution is 2.37. The summed E-state index contributed by atoms with van der Waals surface area (Å²) in [6, 6.07) is 0. The second-order valence-electron chi connectivity index (χ2n) is 5.11. The van der Waals surface area contributed by atoms with Crippen molar-refractivity contribution in [3.8, 4) is 0 Å². The van der Waals surface area contributed by atoms with Gasteiger partial charge in [-0.1, -0.05) is 43.4 Å². The Hall–Kier alpha value is -1.61. The van der Waals surface area contributed by atoms with Crippen molar-refractivity contribution in [3.05, 3.63) is 48.1 Å². The first-order valence-corrected chi connectivity index (χ1v) is 6.83. The summed E-state index contributed by atoms with van der Waals surface area (Å²) in [5.41, 5.74) is 6.33. The van der Waals surface area contributed by atoms with Gasteiger partial charge in [-0.2, -0.15) is 0 Å². The zero-order valence-electron chi connectivity index (χ0n) is 11.3. The van der Waals surface area contributed by atoms with Gasteiger partial charge in [-0.05, 0) is 36.8 Å². The molecular formula is C16H21NO2. The Labute approximate surface area is 114 Å². The number of ether oxygens (including phenoxy) is 1. The van der Waals surface area contributed by atoms with Crippen LogP contribution in [0.5, 0.6) is 0 Å². The molecule has 1 aliphatic carbocycles. The number of hydrogen-bond acceptors (Lipinski definition) is 2. The van der Waals surface area contributed by atoms with Gasteiger partial charge in [0, 0.05) is 0 Å². The summed E-state index contributed by atoms with van der Waals surface area (Å²) in [6.45, 7) is 2.20. The highest BCUT2D eigenvalue weighted by Gasteiger charge is 2.43. The van der Waals surface area contributed by atoms with Crippen LogP contribution in [-0.2, 0) is 9.53 Å². The van der Waals surface area contributed by atoms with Crippen molar-refractivity contribution in [3.63, 3.8) is 0 Å². The van der Waals surface area contributed by atoms with Gasteiger partial charge in [0.2, 0.25) is 5.91 Å². The summed E-state index contributed by atoms with van der Waals surface area (Å²) < 4.78 is 5.79. The van der Waals surface area contributed by atoms with Crippen LogP contribution in [0.4, 0.5) is 0 Å². The molecule has 1 amide bonds. The molecule has 3 atom stereocenters. The van der Waals surface area contributed by atoms with Gasteiger partial charge >= 0.3 is 0 Å². The van der Waals surface area contributed by atoms with Crippen molar-refractivity contribution in [1.82, 2.24) is 0 Å². The fourth-order valence-corrected chi connectivity index (χ4v) is 2.35. The summed E-state index contributed by atoms with van der Waals surface area (Å²) in [5.74, 6) is 0.113. The predicted molar refractivity (Wildman–Crippen MR) is 76.4 cm³/mol. The second kappa shape index (κ2) is 6.53. The largest absolute Gasteiger partial charge is 0.366 e. The Kier molecular flexibility index (Phi) is 4.74. The van der Waals surface area contributed by atoms with Gasteiger partial charge in [-0.3, -0.25) is 4.79 Å². The first-order valence-electron chi connectivity index (χ1n) is 6.83. The molecule has 0 aromatic rings. The number of hydrogen-bond donors (Lipinski definition) is 1. The number of amides is 1. The molecule has 19 heavy (non-hydrogen) atoms. The highest BCUT2D eigenvalue weighted by atomic mass is 16.6. The molecule has 3 unspecified atom stereocenters. The minimum Gasteiger partial charge on any atom is -0.366 e. The lowest BCUT2D eigenvalue weighted by Gasteiger charge is -2.06. The molecule has 1 aliphatic heterocycles. The van der Waals surface area contributed by atoms with Crippen LogP contribution in [0, 0.1) is 5.92 Å². The fraction of sp³-hybridized carbons (Fsp3) is 0.438. The van der Waals surface area contributed by atoms with E-state index in [2.05, 4.69) is 37.3 Å². The lowest BCUT2D eigenvalue weighted by atomic mass is 9.96. The number of nitrogens with two attached hydrogens (primary N) is 1. The Balaban J connectivity index is 1.76. The van der Waals surface area contributed by atoms with Crippen LogP contribution in [0.25, 0.3) is 0 Å². The van der Waals surface area contributed by atoms with Gasteiger partial charge in [-0.15, -0.1) is 0 Å². The third kappa shape index (κ3) is 4.21. The van der Waals surface area contributed by atoms with Crippen molar-refractivity contribution < 1.29 is 9.53 Å². The average molecular weight is 259 g/mol. The van der Waals surface area contributed by atoms with E-state index >= 15 is 0 Å². The topological polar surface area (TPSA) is 55.6 Å². The van der Waals surface area contributed by atoms with E-state index in [0.29, 0.717) is 12.0 Å². The first-order chi connectivity index (χ1) is 9.18. The van der Waals surface area contributed by atoms with Gasteiger partial charge in [0.1, 0.15) is 6.10 Å².